The lowest BCUT2D eigenvalue weighted by Gasteiger charge is -2.30. The van der Waals surface area contributed by atoms with Gasteiger partial charge >= 0.3 is 12.3 Å². The fraction of sp³-hybridized carbons (Fsp3) is 0.484. The van der Waals surface area contributed by atoms with Gasteiger partial charge in [-0.15, -0.1) is 17.9 Å². The van der Waals surface area contributed by atoms with Gasteiger partial charge in [0.2, 0.25) is 5.91 Å². The standard InChI is InChI=1S/C31H36ClF3N4O4S/c1-7-8-9-10-13-38(6)28(40)22-14-19(16-39(22)29(41)43-30(3,4)5)42-23-15-21(27-37-24(17-44-27)31(33,34)35)36-26-20(23)12-11-18(2)25(26)32/h7,11-12,15,17,19,22H,1,8-10,13-14,16H2,2-6H3/t19?,22-/m0/s1. The molecule has 0 saturated carbocycles. The van der Waals surface area contributed by atoms with Crippen molar-refractivity contribution in [2.24, 2.45) is 0 Å². The smallest absolute Gasteiger partial charge is 0.434 e. The van der Waals surface area contributed by atoms with E-state index in [0.29, 0.717) is 28.2 Å². The minimum absolute atomic E-state index is 0.0505. The first-order valence-electron chi connectivity index (χ1n) is 14.2. The first-order chi connectivity index (χ1) is 20.6. The van der Waals surface area contributed by atoms with Gasteiger partial charge in [0.05, 0.1) is 17.1 Å². The van der Waals surface area contributed by atoms with Crippen molar-refractivity contribution in [1.29, 1.82) is 0 Å². The first-order valence-corrected chi connectivity index (χ1v) is 15.5. The Hall–Kier alpha value is -3.38. The lowest BCUT2D eigenvalue weighted by atomic mass is 10.1. The average molecular weight is 653 g/mol. The van der Waals surface area contributed by atoms with E-state index in [1.807, 2.05) is 6.08 Å². The van der Waals surface area contributed by atoms with E-state index in [2.05, 4.69) is 16.5 Å². The summed E-state index contributed by atoms with van der Waals surface area (Å²) in [5, 5.41) is 1.85. The molecular weight excluding hydrogens is 617 g/mol. The summed E-state index contributed by atoms with van der Waals surface area (Å²) in [7, 11) is 1.70. The quantitative estimate of drug-likeness (QED) is 0.173. The minimum Gasteiger partial charge on any atom is -0.488 e. The van der Waals surface area contributed by atoms with Gasteiger partial charge in [0.15, 0.2) is 5.69 Å². The topological polar surface area (TPSA) is 84.9 Å². The highest BCUT2D eigenvalue weighted by Crippen LogP contribution is 2.39. The van der Waals surface area contributed by atoms with E-state index in [-0.39, 0.29) is 29.6 Å². The molecule has 0 bridgehead atoms. The van der Waals surface area contributed by atoms with E-state index in [4.69, 9.17) is 21.1 Å². The van der Waals surface area contributed by atoms with E-state index in [0.717, 1.165) is 41.5 Å². The Labute approximate surface area is 263 Å². The molecule has 0 radical (unpaired) electrons. The molecule has 1 unspecified atom stereocenters. The summed E-state index contributed by atoms with van der Waals surface area (Å²) in [5.41, 5.74) is -0.570. The molecule has 1 aliphatic rings. The number of rotatable bonds is 9. The van der Waals surface area contributed by atoms with Crippen LogP contribution in [0.4, 0.5) is 18.0 Å². The second kappa shape index (κ2) is 13.3. The van der Waals surface area contributed by atoms with E-state index in [1.165, 1.54) is 11.0 Å². The Morgan fingerprint density at radius 3 is 2.59 bits per heavy atom. The molecule has 1 aliphatic heterocycles. The number of alkyl halides is 3. The fourth-order valence-corrected chi connectivity index (χ4v) is 5.87. The number of thiazole rings is 1. The Morgan fingerprint density at radius 1 is 1.23 bits per heavy atom. The van der Waals surface area contributed by atoms with Gasteiger partial charge in [-0.05, 0) is 58.6 Å². The predicted molar refractivity (Wildman–Crippen MR) is 165 cm³/mol. The molecule has 0 aliphatic carbocycles. The van der Waals surface area contributed by atoms with Crippen LogP contribution >= 0.6 is 22.9 Å². The Balaban J connectivity index is 1.67. The normalized spacial score (nSPS) is 17.2. The molecule has 2 amide bonds. The molecule has 2 aromatic heterocycles. The van der Waals surface area contributed by atoms with Crippen molar-refractivity contribution in [2.75, 3.05) is 20.1 Å². The minimum atomic E-state index is -4.60. The second-order valence-electron chi connectivity index (χ2n) is 11.8. The highest BCUT2D eigenvalue weighted by Gasteiger charge is 2.44. The van der Waals surface area contributed by atoms with Crippen LogP contribution in [0.2, 0.25) is 5.02 Å². The zero-order valence-electron chi connectivity index (χ0n) is 25.3. The molecule has 13 heteroatoms. The summed E-state index contributed by atoms with van der Waals surface area (Å²) in [5.74, 6) is 0.0673. The summed E-state index contributed by atoms with van der Waals surface area (Å²) in [6.45, 7) is 11.3. The number of carbonyl (C=O) groups is 2. The van der Waals surface area contributed by atoms with Gasteiger partial charge in [0.25, 0.3) is 0 Å². The van der Waals surface area contributed by atoms with E-state index in [1.54, 1.807) is 51.8 Å². The number of carbonyl (C=O) groups excluding carboxylic acids is 2. The van der Waals surface area contributed by atoms with Crippen LogP contribution in [0, 0.1) is 6.92 Å². The van der Waals surface area contributed by atoms with Crippen molar-refractivity contribution in [3.8, 4) is 16.5 Å². The summed E-state index contributed by atoms with van der Waals surface area (Å²) in [4.78, 5) is 38.1. The maximum atomic E-state index is 13.6. The van der Waals surface area contributed by atoms with Gasteiger partial charge in [-0.1, -0.05) is 23.7 Å². The molecule has 1 saturated heterocycles. The molecule has 0 spiro atoms. The number of benzene rings is 1. The second-order valence-corrected chi connectivity index (χ2v) is 13.0. The molecule has 1 aromatic carbocycles. The van der Waals surface area contributed by atoms with Crippen molar-refractivity contribution >= 4 is 45.8 Å². The predicted octanol–water partition coefficient (Wildman–Crippen LogP) is 7.91. The van der Waals surface area contributed by atoms with E-state index >= 15 is 0 Å². The van der Waals surface area contributed by atoms with Crippen LogP contribution in [0.3, 0.4) is 0 Å². The van der Waals surface area contributed by atoms with Crippen LogP contribution in [0.1, 0.15) is 57.7 Å². The van der Waals surface area contributed by atoms with Gasteiger partial charge in [0.1, 0.15) is 34.2 Å². The molecule has 3 heterocycles. The number of fused-ring (bicyclic) bond motifs is 1. The molecule has 1 fully saturated rings. The fourth-order valence-electron chi connectivity index (χ4n) is 4.88. The van der Waals surface area contributed by atoms with E-state index < -0.39 is 35.7 Å². The number of likely N-dealkylation sites (tertiary alicyclic amines) is 1. The number of aromatic nitrogens is 2. The Kier molecular flexibility index (Phi) is 10.1. The number of hydrogen-bond acceptors (Lipinski definition) is 7. The number of amides is 2. The number of allylic oxidation sites excluding steroid dienone is 1. The Morgan fingerprint density at radius 2 is 1.95 bits per heavy atom. The summed E-state index contributed by atoms with van der Waals surface area (Å²) in [6, 6.07) is 4.25. The van der Waals surface area contributed by atoms with Crippen LogP contribution in [0.25, 0.3) is 21.6 Å². The summed E-state index contributed by atoms with van der Waals surface area (Å²) < 4.78 is 52.0. The SMILES string of the molecule is C=CCCCCN(C)C(=O)[C@@H]1CC(Oc2cc(-c3nc(C(F)(F)F)cs3)nc3c(Cl)c(C)ccc23)CN1C(=O)OC(C)(C)C. The van der Waals surface area contributed by atoms with Crippen LogP contribution < -0.4 is 4.74 Å². The van der Waals surface area contributed by atoms with Gasteiger partial charge < -0.3 is 14.4 Å². The van der Waals surface area contributed by atoms with Crippen molar-refractivity contribution in [3.05, 3.63) is 52.5 Å². The molecule has 8 nitrogen and oxygen atoms in total. The van der Waals surface area contributed by atoms with E-state index in [9.17, 15) is 22.8 Å². The van der Waals surface area contributed by atoms with Crippen molar-refractivity contribution in [1.82, 2.24) is 19.8 Å². The summed E-state index contributed by atoms with van der Waals surface area (Å²) in [6.07, 6.45) is -1.35. The molecule has 3 aromatic rings. The third-order valence-electron chi connectivity index (χ3n) is 7.09. The van der Waals surface area contributed by atoms with Crippen LogP contribution in [0.5, 0.6) is 5.75 Å². The van der Waals surface area contributed by atoms with Gasteiger partial charge in [-0.25, -0.2) is 14.8 Å². The van der Waals surface area contributed by atoms with Crippen LogP contribution in [-0.2, 0) is 15.7 Å². The number of ether oxygens (including phenoxy) is 2. The number of unbranched alkanes of at least 4 members (excludes halogenated alkanes) is 2. The maximum Gasteiger partial charge on any atom is 0.434 e. The molecular formula is C31H36ClF3N4O4S. The molecule has 0 N–H and O–H groups in total. The molecule has 4 rings (SSSR count). The highest BCUT2D eigenvalue weighted by atomic mass is 35.5. The zero-order valence-corrected chi connectivity index (χ0v) is 26.9. The van der Waals surface area contributed by atoms with Gasteiger partial charge in [-0.2, -0.15) is 13.2 Å². The number of likely N-dealkylation sites (N-methyl/N-ethyl adjacent to an activating group) is 1. The molecule has 2 atom stereocenters. The van der Waals surface area contributed by atoms with Gasteiger partial charge in [0, 0.05) is 36.8 Å². The van der Waals surface area contributed by atoms with Crippen LogP contribution in [-0.4, -0.2) is 69.7 Å². The number of nitrogens with zero attached hydrogens (tertiary/aromatic N) is 4. The van der Waals surface area contributed by atoms with Crippen LogP contribution in [0.15, 0.2) is 36.2 Å². The third-order valence-corrected chi connectivity index (χ3v) is 8.43. The zero-order chi connectivity index (χ0) is 32.4. The first kappa shape index (κ1) is 33.5. The van der Waals surface area contributed by atoms with Crippen molar-refractivity contribution < 1.29 is 32.2 Å². The Bertz CT molecular complexity index is 1540. The molecule has 44 heavy (non-hydrogen) atoms. The number of halogens is 4. The highest BCUT2D eigenvalue weighted by molar-refractivity contribution is 7.13. The number of hydrogen-bond donors (Lipinski definition) is 0. The number of pyridine rings is 1. The maximum absolute atomic E-state index is 13.6. The lowest BCUT2D eigenvalue weighted by molar-refractivity contribution is -0.140. The molecule has 238 valence electrons. The average Bonchev–Trinajstić information content (AvgIpc) is 3.60. The number of aryl methyl sites for hydroxylation is 1. The summed E-state index contributed by atoms with van der Waals surface area (Å²) >= 11 is 7.41. The van der Waals surface area contributed by atoms with Gasteiger partial charge in [-0.3, -0.25) is 9.69 Å². The largest absolute Gasteiger partial charge is 0.488 e. The third kappa shape index (κ3) is 7.82. The van der Waals surface area contributed by atoms with Crippen molar-refractivity contribution in [3.63, 3.8) is 0 Å². The monoisotopic (exact) mass is 652 g/mol. The lowest BCUT2D eigenvalue weighted by Crippen LogP contribution is -2.48. The van der Waals surface area contributed by atoms with Crippen molar-refractivity contribution in [2.45, 2.75) is 77.3 Å².